The maximum Gasteiger partial charge on any atom is 0.325 e. The van der Waals surface area contributed by atoms with Crippen LogP contribution in [0, 0.1) is 0 Å². The summed E-state index contributed by atoms with van der Waals surface area (Å²) in [7, 11) is 0. The van der Waals surface area contributed by atoms with Gasteiger partial charge in [0.1, 0.15) is 0 Å². The van der Waals surface area contributed by atoms with Crippen LogP contribution in [-0.2, 0) is 16.0 Å². The minimum atomic E-state index is -0.623. The molecule has 1 saturated heterocycles. The first kappa shape index (κ1) is 14.0. The quantitative estimate of drug-likeness (QED) is 0.673. The number of carbonyl (C=O) groups excluding carboxylic acids is 2. The van der Waals surface area contributed by atoms with Gasteiger partial charge in [-0.05, 0) is 0 Å². The fraction of sp³-hybridized carbons (Fsp3) is 0.500. The van der Waals surface area contributed by atoms with E-state index >= 15 is 0 Å². The average Bonchev–Trinajstić information content (AvgIpc) is 2.37. The number of piperazine rings is 1. The monoisotopic (exact) mass is 280 g/mol. The molecule has 1 aliphatic heterocycles. The summed E-state index contributed by atoms with van der Waals surface area (Å²) >= 11 is 0. The largest absolute Gasteiger partial charge is 0.339 e. The summed E-state index contributed by atoms with van der Waals surface area (Å²) in [5.41, 5.74) is -0.864. The van der Waals surface area contributed by atoms with Gasteiger partial charge in [0.05, 0.1) is 6.42 Å². The molecule has 2 heterocycles. The molecular weight excluding hydrogens is 264 g/mol. The Morgan fingerprint density at radius 1 is 1.10 bits per heavy atom. The molecule has 8 nitrogen and oxygen atoms in total. The van der Waals surface area contributed by atoms with Crippen LogP contribution in [0.3, 0.4) is 0 Å². The molecule has 8 heteroatoms. The lowest BCUT2D eigenvalue weighted by Crippen LogP contribution is -2.50. The van der Waals surface area contributed by atoms with Gasteiger partial charge in [0.15, 0.2) is 0 Å². The van der Waals surface area contributed by atoms with Crippen LogP contribution in [0.1, 0.15) is 12.6 Å². The van der Waals surface area contributed by atoms with E-state index in [1.165, 1.54) is 13.0 Å². The zero-order valence-corrected chi connectivity index (χ0v) is 11.1. The van der Waals surface area contributed by atoms with Crippen molar-refractivity contribution in [3.8, 4) is 0 Å². The van der Waals surface area contributed by atoms with E-state index in [1.807, 2.05) is 4.98 Å². The van der Waals surface area contributed by atoms with Crippen LogP contribution in [0.15, 0.2) is 15.7 Å². The highest BCUT2D eigenvalue weighted by atomic mass is 16.2. The third-order valence-corrected chi connectivity index (χ3v) is 3.24. The number of rotatable bonds is 2. The summed E-state index contributed by atoms with van der Waals surface area (Å²) in [4.78, 5) is 53.3. The van der Waals surface area contributed by atoms with Gasteiger partial charge in [0.2, 0.25) is 11.8 Å². The molecule has 20 heavy (non-hydrogen) atoms. The van der Waals surface area contributed by atoms with Crippen molar-refractivity contribution in [2.75, 3.05) is 26.2 Å². The van der Waals surface area contributed by atoms with Gasteiger partial charge in [0, 0.05) is 44.9 Å². The Bertz CT molecular complexity index is 597. The van der Waals surface area contributed by atoms with Crippen LogP contribution in [0.5, 0.6) is 0 Å². The zero-order valence-electron chi connectivity index (χ0n) is 11.1. The molecule has 2 rings (SSSR count). The molecule has 0 unspecified atom stereocenters. The Balaban J connectivity index is 1.97. The molecule has 1 aliphatic rings. The van der Waals surface area contributed by atoms with E-state index in [0.717, 1.165) is 0 Å². The van der Waals surface area contributed by atoms with Crippen molar-refractivity contribution in [1.29, 1.82) is 0 Å². The van der Waals surface area contributed by atoms with Crippen LogP contribution in [0.2, 0.25) is 0 Å². The lowest BCUT2D eigenvalue weighted by atomic mass is 10.2. The maximum absolute atomic E-state index is 12.1. The Kier molecular flexibility index (Phi) is 4.02. The van der Waals surface area contributed by atoms with E-state index in [9.17, 15) is 19.2 Å². The second kappa shape index (κ2) is 5.72. The highest BCUT2D eigenvalue weighted by molar-refractivity contribution is 5.79. The van der Waals surface area contributed by atoms with Crippen molar-refractivity contribution in [3.63, 3.8) is 0 Å². The molecule has 0 atom stereocenters. The number of nitrogens with zero attached hydrogens (tertiary/aromatic N) is 2. The molecule has 0 saturated carbocycles. The zero-order chi connectivity index (χ0) is 14.7. The first-order chi connectivity index (χ1) is 9.45. The van der Waals surface area contributed by atoms with Crippen LogP contribution in [0.25, 0.3) is 0 Å². The molecule has 2 N–H and O–H groups in total. The molecule has 1 aromatic rings. The summed E-state index contributed by atoms with van der Waals surface area (Å²) in [6.45, 7) is 3.44. The predicted octanol–water partition coefficient (Wildman–Crippen LogP) is -1.70. The summed E-state index contributed by atoms with van der Waals surface area (Å²) in [5.74, 6) is -0.175. The van der Waals surface area contributed by atoms with Crippen molar-refractivity contribution < 1.29 is 9.59 Å². The van der Waals surface area contributed by atoms with E-state index in [0.29, 0.717) is 26.2 Å². The first-order valence-electron chi connectivity index (χ1n) is 6.31. The van der Waals surface area contributed by atoms with Crippen molar-refractivity contribution >= 4 is 11.8 Å². The fourth-order valence-corrected chi connectivity index (χ4v) is 2.16. The van der Waals surface area contributed by atoms with Crippen molar-refractivity contribution in [2.24, 2.45) is 0 Å². The molecule has 0 aliphatic carbocycles. The number of amides is 2. The fourth-order valence-electron chi connectivity index (χ4n) is 2.16. The van der Waals surface area contributed by atoms with Gasteiger partial charge in [-0.25, -0.2) is 4.79 Å². The molecule has 0 bridgehead atoms. The Morgan fingerprint density at radius 2 is 1.70 bits per heavy atom. The van der Waals surface area contributed by atoms with Crippen LogP contribution in [-0.4, -0.2) is 57.8 Å². The summed E-state index contributed by atoms with van der Waals surface area (Å²) < 4.78 is 0. The van der Waals surface area contributed by atoms with Crippen LogP contribution >= 0.6 is 0 Å². The SMILES string of the molecule is CC(=O)N1CCN(C(=O)Cc2cc(=O)[nH]c(=O)[nH]2)CC1. The molecule has 108 valence electrons. The standard InChI is InChI=1S/C12H16N4O4/c1-8(17)15-2-4-16(5-3-15)11(19)7-9-6-10(18)14-12(20)13-9/h6H,2-5,7H2,1H3,(H2,13,14,18,20). The van der Waals surface area contributed by atoms with Crippen molar-refractivity contribution in [2.45, 2.75) is 13.3 Å². The molecule has 1 aromatic heterocycles. The lowest BCUT2D eigenvalue weighted by Gasteiger charge is -2.34. The summed E-state index contributed by atoms with van der Waals surface area (Å²) in [6.07, 6.45) is -0.0285. The van der Waals surface area contributed by atoms with Gasteiger partial charge in [-0.2, -0.15) is 0 Å². The van der Waals surface area contributed by atoms with Crippen molar-refractivity contribution in [1.82, 2.24) is 19.8 Å². The van der Waals surface area contributed by atoms with Gasteiger partial charge < -0.3 is 14.8 Å². The molecule has 1 fully saturated rings. The Labute approximate surface area is 114 Å². The number of hydrogen-bond acceptors (Lipinski definition) is 4. The third-order valence-electron chi connectivity index (χ3n) is 3.24. The molecule has 0 aromatic carbocycles. The third kappa shape index (κ3) is 3.34. The second-order valence-corrected chi connectivity index (χ2v) is 4.68. The van der Waals surface area contributed by atoms with Gasteiger partial charge >= 0.3 is 5.69 Å². The predicted molar refractivity (Wildman–Crippen MR) is 70.2 cm³/mol. The smallest absolute Gasteiger partial charge is 0.325 e. The molecular formula is C12H16N4O4. The molecule has 2 amide bonds. The van der Waals surface area contributed by atoms with Crippen LogP contribution in [0.4, 0.5) is 0 Å². The lowest BCUT2D eigenvalue weighted by molar-refractivity contribution is -0.138. The van der Waals surface area contributed by atoms with Gasteiger partial charge in [-0.1, -0.05) is 0 Å². The molecule has 0 spiro atoms. The average molecular weight is 280 g/mol. The second-order valence-electron chi connectivity index (χ2n) is 4.68. The van der Waals surface area contributed by atoms with Gasteiger partial charge in [0.25, 0.3) is 5.56 Å². The highest BCUT2D eigenvalue weighted by Gasteiger charge is 2.22. The maximum atomic E-state index is 12.1. The van der Waals surface area contributed by atoms with Gasteiger partial charge in [-0.3, -0.25) is 19.4 Å². The summed E-state index contributed by atoms with van der Waals surface area (Å²) in [5, 5.41) is 0. The number of H-pyrrole nitrogens is 2. The number of carbonyl (C=O) groups is 2. The summed E-state index contributed by atoms with van der Waals surface area (Å²) in [6, 6.07) is 1.20. The highest BCUT2D eigenvalue weighted by Crippen LogP contribution is 2.04. The number of hydrogen-bond donors (Lipinski definition) is 2. The van der Waals surface area contributed by atoms with Crippen LogP contribution < -0.4 is 11.2 Å². The molecule has 0 radical (unpaired) electrons. The van der Waals surface area contributed by atoms with E-state index in [1.54, 1.807) is 9.80 Å². The van der Waals surface area contributed by atoms with E-state index < -0.39 is 11.2 Å². The first-order valence-corrected chi connectivity index (χ1v) is 6.31. The number of aromatic amines is 2. The number of aromatic nitrogens is 2. The minimum absolute atomic E-state index is 0.00368. The van der Waals surface area contributed by atoms with E-state index in [-0.39, 0.29) is 23.9 Å². The topological polar surface area (TPSA) is 106 Å². The van der Waals surface area contributed by atoms with E-state index in [4.69, 9.17) is 0 Å². The number of nitrogens with one attached hydrogen (secondary N) is 2. The Hall–Kier alpha value is -2.38. The van der Waals surface area contributed by atoms with Crippen molar-refractivity contribution in [3.05, 3.63) is 32.6 Å². The Morgan fingerprint density at radius 3 is 2.25 bits per heavy atom. The normalized spacial score (nSPS) is 15.2. The van der Waals surface area contributed by atoms with E-state index in [2.05, 4.69) is 4.98 Å². The van der Waals surface area contributed by atoms with Gasteiger partial charge in [-0.15, -0.1) is 0 Å². The minimum Gasteiger partial charge on any atom is -0.339 e.